The maximum Gasteiger partial charge on any atom is 0.257 e. The molecule has 4 heteroatoms. The highest BCUT2D eigenvalue weighted by atomic mass is 35.5. The summed E-state index contributed by atoms with van der Waals surface area (Å²) in [6.45, 7) is 1.79. The minimum atomic E-state index is -0.220. The Kier molecular flexibility index (Phi) is 3.72. The van der Waals surface area contributed by atoms with Crippen LogP contribution in [0, 0.1) is 6.92 Å². The van der Waals surface area contributed by atoms with E-state index in [1.807, 2.05) is 18.2 Å². The molecule has 0 unspecified atom stereocenters. The summed E-state index contributed by atoms with van der Waals surface area (Å²) in [6, 6.07) is 3.35. The molecule has 1 aromatic rings. The van der Waals surface area contributed by atoms with Gasteiger partial charge in [-0.2, -0.15) is 0 Å². The van der Waals surface area contributed by atoms with E-state index in [-0.39, 0.29) is 5.91 Å². The Bertz CT molecular complexity index is 547. The highest BCUT2D eigenvalue weighted by Gasteiger charge is 2.16. The maximum atomic E-state index is 12.2. The molecule has 1 aliphatic rings. The van der Waals surface area contributed by atoms with Crippen LogP contribution in [0.2, 0.25) is 5.02 Å². The normalized spacial score (nSPS) is 14.2. The van der Waals surface area contributed by atoms with Crippen LogP contribution in [-0.4, -0.2) is 5.91 Å². The lowest BCUT2D eigenvalue weighted by Gasteiger charge is -2.13. The molecule has 1 aliphatic carbocycles. The van der Waals surface area contributed by atoms with E-state index in [2.05, 4.69) is 5.32 Å². The molecule has 1 amide bonds. The fourth-order valence-corrected chi connectivity index (χ4v) is 2.16. The number of amides is 1. The van der Waals surface area contributed by atoms with E-state index in [0.717, 1.165) is 18.5 Å². The Balaban J connectivity index is 2.26. The molecule has 0 atom stereocenters. The average Bonchev–Trinajstić information content (AvgIpc) is 2.36. The molecule has 0 aliphatic heterocycles. The third-order valence-corrected chi connectivity index (χ3v) is 3.25. The predicted molar refractivity (Wildman–Crippen MR) is 74.5 cm³/mol. The van der Waals surface area contributed by atoms with Gasteiger partial charge in [0.05, 0.1) is 10.6 Å². The number of allylic oxidation sites excluding steroid dienone is 3. The summed E-state index contributed by atoms with van der Waals surface area (Å²) >= 11 is 6.06. The number of nitrogens with one attached hydrogen (secondary N) is 1. The summed E-state index contributed by atoms with van der Waals surface area (Å²) in [5.41, 5.74) is 8.32. The van der Waals surface area contributed by atoms with E-state index in [1.165, 1.54) is 0 Å². The van der Waals surface area contributed by atoms with Gasteiger partial charge in [-0.15, -0.1) is 0 Å². The predicted octanol–water partition coefficient (Wildman–Crippen LogP) is 3.19. The molecule has 0 bridgehead atoms. The van der Waals surface area contributed by atoms with Gasteiger partial charge in [-0.05, 0) is 43.5 Å². The van der Waals surface area contributed by atoms with Crippen molar-refractivity contribution in [3.8, 4) is 0 Å². The monoisotopic (exact) mass is 262 g/mol. The van der Waals surface area contributed by atoms with Crippen molar-refractivity contribution in [2.45, 2.75) is 19.8 Å². The number of anilines is 1. The lowest BCUT2D eigenvalue weighted by molar-refractivity contribution is 0.0966. The zero-order valence-electron chi connectivity index (χ0n) is 10.2. The van der Waals surface area contributed by atoms with Crippen molar-refractivity contribution in [3.05, 3.63) is 52.2 Å². The third kappa shape index (κ3) is 2.57. The Morgan fingerprint density at radius 1 is 1.39 bits per heavy atom. The van der Waals surface area contributed by atoms with Crippen LogP contribution in [0.1, 0.15) is 28.8 Å². The largest absolute Gasteiger partial charge is 0.398 e. The van der Waals surface area contributed by atoms with E-state index in [9.17, 15) is 4.79 Å². The lowest BCUT2D eigenvalue weighted by Crippen LogP contribution is -2.24. The summed E-state index contributed by atoms with van der Waals surface area (Å²) in [5.74, 6) is -0.220. The zero-order chi connectivity index (χ0) is 13.1. The van der Waals surface area contributed by atoms with Crippen LogP contribution in [0.5, 0.6) is 0 Å². The molecular formula is C14H15ClN2O. The van der Waals surface area contributed by atoms with Crippen LogP contribution >= 0.6 is 11.6 Å². The molecule has 0 aromatic heterocycles. The molecule has 0 saturated carbocycles. The molecule has 18 heavy (non-hydrogen) atoms. The number of nitrogen functional groups attached to an aromatic ring is 1. The van der Waals surface area contributed by atoms with Gasteiger partial charge < -0.3 is 11.1 Å². The molecule has 3 nitrogen and oxygen atoms in total. The topological polar surface area (TPSA) is 55.1 Å². The van der Waals surface area contributed by atoms with Gasteiger partial charge in [0, 0.05) is 11.4 Å². The van der Waals surface area contributed by atoms with Crippen molar-refractivity contribution in [2.24, 2.45) is 0 Å². The molecule has 0 radical (unpaired) electrons. The second-order valence-corrected chi connectivity index (χ2v) is 4.64. The van der Waals surface area contributed by atoms with Crippen molar-refractivity contribution in [1.29, 1.82) is 0 Å². The summed E-state index contributed by atoms with van der Waals surface area (Å²) in [4.78, 5) is 12.2. The summed E-state index contributed by atoms with van der Waals surface area (Å²) < 4.78 is 0. The van der Waals surface area contributed by atoms with Gasteiger partial charge in [0.1, 0.15) is 0 Å². The summed E-state index contributed by atoms with van der Waals surface area (Å²) in [5, 5.41) is 3.26. The van der Waals surface area contributed by atoms with E-state index in [0.29, 0.717) is 21.8 Å². The van der Waals surface area contributed by atoms with Crippen molar-refractivity contribution < 1.29 is 4.79 Å². The Labute approximate surface area is 111 Å². The number of hydrogen-bond donors (Lipinski definition) is 2. The quantitative estimate of drug-likeness (QED) is 0.804. The van der Waals surface area contributed by atoms with Crippen LogP contribution in [0.4, 0.5) is 5.69 Å². The molecule has 0 heterocycles. The average molecular weight is 263 g/mol. The van der Waals surface area contributed by atoms with Gasteiger partial charge >= 0.3 is 0 Å². The van der Waals surface area contributed by atoms with Crippen LogP contribution < -0.4 is 11.1 Å². The van der Waals surface area contributed by atoms with Gasteiger partial charge in [0.25, 0.3) is 5.91 Å². The first-order valence-electron chi connectivity index (χ1n) is 5.82. The SMILES string of the molecule is Cc1c(N)ccc(Cl)c1C(=O)NC1=CCCC=C1. The van der Waals surface area contributed by atoms with Gasteiger partial charge in [-0.3, -0.25) is 4.79 Å². The van der Waals surface area contributed by atoms with Crippen LogP contribution in [0.15, 0.2) is 36.1 Å². The number of rotatable bonds is 2. The molecule has 0 spiro atoms. The molecule has 0 fully saturated rings. The number of hydrogen-bond acceptors (Lipinski definition) is 2. The van der Waals surface area contributed by atoms with Gasteiger partial charge in [0.2, 0.25) is 0 Å². The Morgan fingerprint density at radius 3 is 2.83 bits per heavy atom. The van der Waals surface area contributed by atoms with Crippen LogP contribution in [0.25, 0.3) is 0 Å². The smallest absolute Gasteiger partial charge is 0.257 e. The van der Waals surface area contributed by atoms with Crippen LogP contribution in [-0.2, 0) is 0 Å². The third-order valence-electron chi connectivity index (χ3n) is 2.94. The molecule has 1 aromatic carbocycles. The van der Waals surface area contributed by atoms with E-state index < -0.39 is 0 Å². The number of halogens is 1. The molecule has 0 saturated heterocycles. The number of nitrogens with two attached hydrogens (primary N) is 1. The molecule has 2 rings (SSSR count). The van der Waals surface area contributed by atoms with E-state index >= 15 is 0 Å². The number of carbonyl (C=O) groups is 1. The summed E-state index contributed by atoms with van der Waals surface area (Å²) in [7, 11) is 0. The molecule has 94 valence electrons. The Morgan fingerprint density at radius 2 is 2.17 bits per heavy atom. The standard InChI is InChI=1S/C14H15ClN2O/c1-9-12(16)8-7-11(15)13(9)14(18)17-10-5-3-2-4-6-10/h3,5-8H,2,4,16H2,1H3,(H,17,18). The fraction of sp³-hybridized carbons (Fsp3) is 0.214. The Hall–Kier alpha value is -1.74. The van der Waals surface area contributed by atoms with Gasteiger partial charge in [-0.25, -0.2) is 0 Å². The minimum absolute atomic E-state index is 0.220. The maximum absolute atomic E-state index is 12.2. The molecule has 3 N–H and O–H groups in total. The molecular weight excluding hydrogens is 248 g/mol. The van der Waals surface area contributed by atoms with Gasteiger partial charge in [-0.1, -0.05) is 23.8 Å². The van der Waals surface area contributed by atoms with Crippen molar-refractivity contribution in [1.82, 2.24) is 5.32 Å². The van der Waals surface area contributed by atoms with Crippen molar-refractivity contribution in [2.75, 3.05) is 5.73 Å². The summed E-state index contributed by atoms with van der Waals surface area (Å²) in [6.07, 6.45) is 7.88. The van der Waals surface area contributed by atoms with Gasteiger partial charge in [0.15, 0.2) is 0 Å². The first-order valence-corrected chi connectivity index (χ1v) is 6.20. The number of carbonyl (C=O) groups excluding carboxylic acids is 1. The lowest BCUT2D eigenvalue weighted by atomic mass is 10.1. The van der Waals surface area contributed by atoms with Crippen molar-refractivity contribution in [3.63, 3.8) is 0 Å². The van der Waals surface area contributed by atoms with E-state index in [4.69, 9.17) is 17.3 Å². The highest BCUT2D eigenvalue weighted by Crippen LogP contribution is 2.24. The number of benzene rings is 1. The minimum Gasteiger partial charge on any atom is -0.398 e. The zero-order valence-corrected chi connectivity index (χ0v) is 10.9. The first-order chi connectivity index (χ1) is 8.59. The first kappa shape index (κ1) is 12.7. The van der Waals surface area contributed by atoms with Crippen LogP contribution in [0.3, 0.4) is 0 Å². The van der Waals surface area contributed by atoms with E-state index in [1.54, 1.807) is 19.1 Å². The fourth-order valence-electron chi connectivity index (χ4n) is 1.87. The highest BCUT2D eigenvalue weighted by molar-refractivity contribution is 6.34. The van der Waals surface area contributed by atoms with Crippen molar-refractivity contribution >= 4 is 23.2 Å². The second kappa shape index (κ2) is 5.27. The second-order valence-electron chi connectivity index (χ2n) is 4.23.